The minimum Gasteiger partial charge on any atom is -0.309 e. The number of thiophene rings is 1. The fraction of sp³-hybridized carbons (Fsp3) is 0.167. The third-order valence-electron chi connectivity index (χ3n) is 2.52. The van der Waals surface area contributed by atoms with Gasteiger partial charge in [-0.1, -0.05) is 11.6 Å². The summed E-state index contributed by atoms with van der Waals surface area (Å²) in [4.78, 5) is 0.836. The third-order valence-corrected chi connectivity index (χ3v) is 4.42. The molecule has 1 aromatic heterocycles. The van der Waals surface area contributed by atoms with Crippen molar-refractivity contribution in [3.63, 3.8) is 0 Å². The fourth-order valence-electron chi connectivity index (χ4n) is 1.69. The maximum absolute atomic E-state index is 13.9. The van der Waals surface area contributed by atoms with Crippen molar-refractivity contribution in [1.29, 1.82) is 0 Å². The molecule has 0 aliphatic rings. The molecule has 0 saturated carbocycles. The van der Waals surface area contributed by atoms with Gasteiger partial charge in [-0.3, -0.25) is 0 Å². The van der Waals surface area contributed by atoms with E-state index in [0.29, 0.717) is 4.34 Å². The van der Waals surface area contributed by atoms with Crippen molar-refractivity contribution in [2.45, 2.75) is 6.04 Å². The normalized spacial score (nSPS) is 12.7. The van der Waals surface area contributed by atoms with Crippen molar-refractivity contribution < 1.29 is 8.78 Å². The van der Waals surface area contributed by atoms with Crippen molar-refractivity contribution >= 4 is 38.9 Å². The van der Waals surface area contributed by atoms with Gasteiger partial charge in [0.1, 0.15) is 11.6 Å². The van der Waals surface area contributed by atoms with Crippen molar-refractivity contribution in [3.05, 3.63) is 55.1 Å². The molecule has 1 unspecified atom stereocenters. The van der Waals surface area contributed by atoms with Gasteiger partial charge in [-0.15, -0.1) is 11.3 Å². The highest BCUT2D eigenvalue weighted by Gasteiger charge is 2.20. The molecule has 0 radical (unpaired) electrons. The Hall–Kier alpha value is -0.490. The van der Waals surface area contributed by atoms with E-state index in [4.69, 9.17) is 11.6 Å². The van der Waals surface area contributed by atoms with Gasteiger partial charge >= 0.3 is 0 Å². The van der Waals surface area contributed by atoms with E-state index in [1.54, 1.807) is 19.2 Å². The Labute approximate surface area is 121 Å². The second-order valence-electron chi connectivity index (χ2n) is 3.65. The van der Waals surface area contributed by atoms with Gasteiger partial charge in [-0.05, 0) is 47.2 Å². The third kappa shape index (κ3) is 2.74. The van der Waals surface area contributed by atoms with Crippen LogP contribution < -0.4 is 5.32 Å². The smallest absolute Gasteiger partial charge is 0.137 e. The first-order valence-corrected chi connectivity index (χ1v) is 7.08. The summed E-state index contributed by atoms with van der Waals surface area (Å²) >= 11 is 10.2. The molecule has 1 atom stereocenters. The van der Waals surface area contributed by atoms with Crippen molar-refractivity contribution in [3.8, 4) is 0 Å². The number of halogens is 4. The summed E-state index contributed by atoms with van der Waals surface area (Å²) in [5.41, 5.74) is 0.261. The summed E-state index contributed by atoms with van der Waals surface area (Å²) in [5, 5.41) is 2.97. The molecule has 2 aromatic rings. The molecule has 0 aliphatic heterocycles. The largest absolute Gasteiger partial charge is 0.309 e. The van der Waals surface area contributed by atoms with Gasteiger partial charge in [0, 0.05) is 10.4 Å². The lowest BCUT2D eigenvalue weighted by Gasteiger charge is -2.16. The molecule has 1 nitrogen and oxygen atoms in total. The average Bonchev–Trinajstić information content (AvgIpc) is 2.73. The van der Waals surface area contributed by atoms with Crippen LogP contribution in [0.1, 0.15) is 16.5 Å². The Kier molecular flexibility index (Phi) is 4.37. The van der Waals surface area contributed by atoms with Gasteiger partial charge in [0.25, 0.3) is 0 Å². The standard InChI is InChI=1S/C12H9BrClF2NS/c1-17-12(10-2-3-11(14)18-10)6-4-9(16)7(13)5-8(6)15/h2-5,12,17H,1H3. The first-order chi connectivity index (χ1) is 8.52. The fourth-order valence-corrected chi connectivity index (χ4v) is 3.20. The Balaban J connectivity index is 2.48. The predicted molar refractivity (Wildman–Crippen MR) is 74.3 cm³/mol. The number of hydrogen-bond donors (Lipinski definition) is 1. The summed E-state index contributed by atoms with van der Waals surface area (Å²) in [7, 11) is 1.69. The second-order valence-corrected chi connectivity index (χ2v) is 6.25. The van der Waals surface area contributed by atoms with E-state index in [1.807, 2.05) is 0 Å². The van der Waals surface area contributed by atoms with Crippen molar-refractivity contribution in [1.82, 2.24) is 5.32 Å². The maximum Gasteiger partial charge on any atom is 0.137 e. The molecule has 0 bridgehead atoms. The van der Waals surface area contributed by atoms with Crippen molar-refractivity contribution in [2.75, 3.05) is 7.05 Å². The Morgan fingerprint density at radius 2 is 2.00 bits per heavy atom. The van der Waals surface area contributed by atoms with E-state index in [9.17, 15) is 8.78 Å². The highest BCUT2D eigenvalue weighted by Crippen LogP contribution is 2.33. The van der Waals surface area contributed by atoms with E-state index < -0.39 is 17.7 Å². The molecule has 96 valence electrons. The maximum atomic E-state index is 13.9. The second kappa shape index (κ2) is 5.65. The molecule has 1 aromatic carbocycles. The molecule has 2 rings (SSSR count). The van der Waals surface area contributed by atoms with E-state index in [-0.39, 0.29) is 10.0 Å². The van der Waals surface area contributed by atoms with Gasteiger partial charge < -0.3 is 5.32 Å². The molecule has 1 N–H and O–H groups in total. The van der Waals surface area contributed by atoms with Gasteiger partial charge in [0.15, 0.2) is 0 Å². The monoisotopic (exact) mass is 351 g/mol. The van der Waals surface area contributed by atoms with Crippen LogP contribution in [0.15, 0.2) is 28.7 Å². The average molecular weight is 353 g/mol. The van der Waals surface area contributed by atoms with Gasteiger partial charge in [-0.2, -0.15) is 0 Å². The minimum absolute atomic E-state index is 0.114. The van der Waals surface area contributed by atoms with Crippen LogP contribution in [0.3, 0.4) is 0 Å². The highest BCUT2D eigenvalue weighted by molar-refractivity contribution is 9.10. The molecular formula is C12H9BrClF2NS. The zero-order chi connectivity index (χ0) is 13.3. The highest BCUT2D eigenvalue weighted by atomic mass is 79.9. The van der Waals surface area contributed by atoms with Crippen LogP contribution in [0.2, 0.25) is 4.34 Å². The van der Waals surface area contributed by atoms with Crippen LogP contribution in [0.25, 0.3) is 0 Å². The van der Waals surface area contributed by atoms with Crippen LogP contribution in [-0.4, -0.2) is 7.05 Å². The van der Waals surface area contributed by atoms with E-state index in [1.165, 1.54) is 17.4 Å². The lowest BCUT2D eigenvalue weighted by Crippen LogP contribution is -2.18. The zero-order valence-electron chi connectivity index (χ0n) is 9.31. The first-order valence-electron chi connectivity index (χ1n) is 5.10. The molecule has 0 spiro atoms. The first kappa shape index (κ1) is 13.9. The van der Waals surface area contributed by atoms with Gasteiger partial charge in [0.2, 0.25) is 0 Å². The van der Waals surface area contributed by atoms with Crippen LogP contribution in [0, 0.1) is 11.6 Å². The summed E-state index contributed by atoms with van der Waals surface area (Å²) in [6.07, 6.45) is 0. The van der Waals surface area contributed by atoms with Crippen LogP contribution in [0.5, 0.6) is 0 Å². The molecule has 0 saturated heterocycles. The summed E-state index contributed by atoms with van der Waals surface area (Å²) in [6.45, 7) is 0. The van der Waals surface area contributed by atoms with E-state index >= 15 is 0 Å². The Bertz CT molecular complexity index is 573. The SMILES string of the molecule is CNC(c1ccc(Cl)s1)c1cc(F)c(Br)cc1F. The molecule has 0 aliphatic carbocycles. The van der Waals surface area contributed by atoms with E-state index in [2.05, 4.69) is 21.2 Å². The van der Waals surface area contributed by atoms with Crippen molar-refractivity contribution in [2.24, 2.45) is 0 Å². The number of nitrogens with one attached hydrogen (secondary N) is 1. The summed E-state index contributed by atoms with van der Waals surface area (Å²) < 4.78 is 28.1. The topological polar surface area (TPSA) is 12.0 Å². The molecule has 1 heterocycles. The van der Waals surface area contributed by atoms with Gasteiger partial charge in [0.05, 0.1) is 14.9 Å². The molecular weight excluding hydrogens is 344 g/mol. The molecule has 0 fully saturated rings. The van der Waals surface area contributed by atoms with Crippen LogP contribution >= 0.6 is 38.9 Å². The molecule has 18 heavy (non-hydrogen) atoms. The lowest BCUT2D eigenvalue weighted by atomic mass is 10.0. The minimum atomic E-state index is -0.491. The molecule has 0 amide bonds. The summed E-state index contributed by atoms with van der Waals surface area (Å²) in [5.74, 6) is -0.957. The zero-order valence-corrected chi connectivity index (χ0v) is 12.5. The van der Waals surface area contributed by atoms with E-state index in [0.717, 1.165) is 10.9 Å². The Morgan fingerprint density at radius 1 is 1.28 bits per heavy atom. The van der Waals surface area contributed by atoms with Crippen LogP contribution in [-0.2, 0) is 0 Å². The number of hydrogen-bond acceptors (Lipinski definition) is 2. The predicted octanol–water partition coefficient (Wildman–Crippen LogP) is 4.75. The van der Waals surface area contributed by atoms with Gasteiger partial charge in [-0.25, -0.2) is 8.78 Å². The number of benzene rings is 1. The van der Waals surface area contributed by atoms with Crippen LogP contribution in [0.4, 0.5) is 8.78 Å². The lowest BCUT2D eigenvalue weighted by molar-refractivity contribution is 0.557. The summed E-state index contributed by atoms with van der Waals surface area (Å²) in [6, 6.07) is 5.44. The molecule has 6 heteroatoms. The quantitative estimate of drug-likeness (QED) is 0.786. The Morgan fingerprint density at radius 3 is 2.56 bits per heavy atom. The number of rotatable bonds is 3.